The number of rotatable bonds is 4. The highest BCUT2D eigenvalue weighted by atomic mass is 35.5. The molecular weight excluding hydrogens is 431 g/mol. The summed E-state index contributed by atoms with van der Waals surface area (Å²) < 4.78 is 46.4. The van der Waals surface area contributed by atoms with E-state index < -0.39 is 28.0 Å². The van der Waals surface area contributed by atoms with Crippen molar-refractivity contribution in [2.75, 3.05) is 5.32 Å². The van der Waals surface area contributed by atoms with Crippen LogP contribution in [0.25, 0.3) is 0 Å². The molecule has 0 radical (unpaired) electrons. The van der Waals surface area contributed by atoms with E-state index in [1.54, 1.807) is 30.3 Å². The molecule has 0 unspecified atom stereocenters. The van der Waals surface area contributed by atoms with Gasteiger partial charge < -0.3 is 10.1 Å². The predicted octanol–water partition coefficient (Wildman–Crippen LogP) is 4.24. The molecule has 0 spiro atoms. The smallest absolute Gasteiger partial charge is 0.338 e. The minimum Gasteiger partial charge on any atom is -0.457 e. The van der Waals surface area contributed by atoms with Gasteiger partial charge in [0.1, 0.15) is 23.5 Å². The number of sulfonamides is 1. The molecule has 1 aliphatic rings. The van der Waals surface area contributed by atoms with Crippen LogP contribution in [0.5, 0.6) is 0 Å². The first-order valence-electron chi connectivity index (χ1n) is 8.93. The lowest BCUT2D eigenvalue weighted by Gasteiger charge is -2.28. The van der Waals surface area contributed by atoms with Crippen molar-refractivity contribution >= 4 is 33.3 Å². The number of benzene rings is 3. The highest BCUT2D eigenvalue weighted by molar-refractivity contribution is 7.89. The van der Waals surface area contributed by atoms with Crippen molar-refractivity contribution in [1.29, 1.82) is 0 Å². The van der Waals surface area contributed by atoms with Gasteiger partial charge in [-0.15, -0.1) is 0 Å². The van der Waals surface area contributed by atoms with Crippen LogP contribution < -0.4 is 10.0 Å². The minimum absolute atomic E-state index is 0.101. The molecule has 30 heavy (non-hydrogen) atoms. The molecule has 1 heterocycles. The second kappa shape index (κ2) is 8.06. The molecule has 4 rings (SSSR count). The van der Waals surface area contributed by atoms with Crippen molar-refractivity contribution in [3.05, 3.63) is 94.3 Å². The molecule has 0 fully saturated rings. The summed E-state index contributed by atoms with van der Waals surface area (Å²) in [6.07, 6.45) is -0.688. The lowest BCUT2D eigenvalue weighted by Crippen LogP contribution is -2.38. The summed E-state index contributed by atoms with van der Waals surface area (Å²) in [5.41, 5.74) is 1.45. The Morgan fingerprint density at radius 1 is 1.03 bits per heavy atom. The standard InChI is InChI=1S/C21H16ClFN2O4S/c22-16-4-3-5-17(23)15(16)12-29-21(26)14-10-8-13(9-11-14)20-24-18-6-1-2-7-19(18)30(27,28)25-20/h1-11,20,24-25H,12H2/t20-/m0/s1. The van der Waals surface area contributed by atoms with Crippen molar-refractivity contribution in [1.82, 2.24) is 4.72 Å². The van der Waals surface area contributed by atoms with E-state index in [2.05, 4.69) is 10.0 Å². The van der Waals surface area contributed by atoms with E-state index in [4.69, 9.17) is 16.3 Å². The van der Waals surface area contributed by atoms with Gasteiger partial charge in [-0.05, 0) is 42.0 Å². The van der Waals surface area contributed by atoms with Gasteiger partial charge in [-0.2, -0.15) is 4.72 Å². The summed E-state index contributed by atoms with van der Waals surface area (Å²) in [6, 6.07) is 17.0. The molecule has 2 N–H and O–H groups in total. The Hall–Kier alpha value is -2.94. The third-order valence-corrected chi connectivity index (χ3v) is 6.47. The van der Waals surface area contributed by atoms with Crippen LogP contribution in [-0.2, 0) is 21.4 Å². The van der Waals surface area contributed by atoms with Crippen molar-refractivity contribution in [2.24, 2.45) is 0 Å². The molecule has 154 valence electrons. The topological polar surface area (TPSA) is 84.5 Å². The van der Waals surface area contributed by atoms with E-state index >= 15 is 0 Å². The van der Waals surface area contributed by atoms with Crippen LogP contribution in [0.2, 0.25) is 5.02 Å². The molecule has 0 saturated heterocycles. The number of hydrogen-bond donors (Lipinski definition) is 2. The molecule has 0 bridgehead atoms. The van der Waals surface area contributed by atoms with Gasteiger partial charge in [-0.25, -0.2) is 17.6 Å². The van der Waals surface area contributed by atoms with Crippen molar-refractivity contribution in [3.8, 4) is 0 Å². The minimum atomic E-state index is -3.67. The van der Waals surface area contributed by atoms with E-state index in [1.807, 2.05) is 0 Å². The lowest BCUT2D eigenvalue weighted by atomic mass is 10.1. The first kappa shape index (κ1) is 20.3. The number of carbonyl (C=O) groups is 1. The average Bonchev–Trinajstić information content (AvgIpc) is 2.73. The maximum Gasteiger partial charge on any atom is 0.338 e. The van der Waals surface area contributed by atoms with Gasteiger partial charge in [0.05, 0.1) is 16.3 Å². The summed E-state index contributed by atoms with van der Waals surface area (Å²) in [4.78, 5) is 12.5. The fourth-order valence-corrected chi connectivity index (χ4v) is 4.60. The van der Waals surface area contributed by atoms with Crippen LogP contribution in [0, 0.1) is 5.82 Å². The van der Waals surface area contributed by atoms with E-state index in [1.165, 1.54) is 36.4 Å². The van der Waals surface area contributed by atoms with Crippen LogP contribution in [-0.4, -0.2) is 14.4 Å². The molecule has 0 aliphatic carbocycles. The quantitative estimate of drug-likeness (QED) is 0.585. The molecule has 6 nitrogen and oxygen atoms in total. The third kappa shape index (κ3) is 4.02. The zero-order valence-electron chi connectivity index (χ0n) is 15.4. The molecule has 0 amide bonds. The summed E-state index contributed by atoms with van der Waals surface area (Å²) in [5, 5.41) is 3.29. The summed E-state index contributed by atoms with van der Waals surface area (Å²) >= 11 is 5.93. The van der Waals surface area contributed by atoms with Gasteiger partial charge in [0.15, 0.2) is 0 Å². The zero-order valence-corrected chi connectivity index (χ0v) is 17.0. The van der Waals surface area contributed by atoms with Crippen LogP contribution in [0.3, 0.4) is 0 Å². The number of carbonyl (C=O) groups excluding carboxylic acids is 1. The van der Waals surface area contributed by atoms with Gasteiger partial charge in [-0.3, -0.25) is 0 Å². The number of hydrogen-bond acceptors (Lipinski definition) is 5. The fourth-order valence-electron chi connectivity index (χ4n) is 3.08. The second-order valence-corrected chi connectivity index (χ2v) is 8.68. The number of nitrogens with one attached hydrogen (secondary N) is 2. The van der Waals surface area contributed by atoms with Gasteiger partial charge in [0.2, 0.25) is 10.0 Å². The molecule has 3 aromatic carbocycles. The molecule has 1 aliphatic heterocycles. The van der Waals surface area contributed by atoms with Crippen LogP contribution in [0.4, 0.5) is 10.1 Å². The van der Waals surface area contributed by atoms with E-state index in [9.17, 15) is 17.6 Å². The van der Waals surface area contributed by atoms with Gasteiger partial charge in [0, 0.05) is 5.56 Å². The predicted molar refractivity (Wildman–Crippen MR) is 110 cm³/mol. The highest BCUT2D eigenvalue weighted by Gasteiger charge is 2.29. The zero-order chi connectivity index (χ0) is 21.3. The summed E-state index contributed by atoms with van der Waals surface area (Å²) in [5.74, 6) is -1.20. The van der Waals surface area contributed by atoms with E-state index in [-0.39, 0.29) is 27.7 Å². The molecule has 3 aromatic rings. The van der Waals surface area contributed by atoms with Crippen LogP contribution in [0.15, 0.2) is 71.6 Å². The summed E-state index contributed by atoms with van der Waals surface area (Å²) in [7, 11) is -3.67. The Morgan fingerprint density at radius 3 is 2.50 bits per heavy atom. The molecule has 1 atom stereocenters. The number of fused-ring (bicyclic) bond motifs is 1. The second-order valence-electron chi connectivity index (χ2n) is 6.59. The normalized spacial score (nSPS) is 16.9. The first-order chi connectivity index (χ1) is 14.3. The maximum absolute atomic E-state index is 13.8. The Morgan fingerprint density at radius 2 is 1.77 bits per heavy atom. The van der Waals surface area contributed by atoms with Gasteiger partial charge >= 0.3 is 5.97 Å². The third-order valence-electron chi connectivity index (χ3n) is 4.64. The Labute approximate surface area is 177 Å². The maximum atomic E-state index is 13.8. The van der Waals surface area contributed by atoms with Gasteiger partial charge in [-0.1, -0.05) is 41.9 Å². The Balaban J connectivity index is 1.47. The molecule has 9 heteroatoms. The molecule has 0 saturated carbocycles. The largest absolute Gasteiger partial charge is 0.457 e. The van der Waals surface area contributed by atoms with Crippen LogP contribution >= 0.6 is 11.6 Å². The summed E-state index contributed by atoms with van der Waals surface area (Å²) in [6.45, 7) is -0.299. The first-order valence-corrected chi connectivity index (χ1v) is 10.8. The number of halogens is 2. The monoisotopic (exact) mass is 446 g/mol. The number of ether oxygens (including phenoxy) is 1. The van der Waals surface area contributed by atoms with Crippen LogP contribution in [0.1, 0.15) is 27.7 Å². The number of anilines is 1. The number of para-hydroxylation sites is 1. The Kier molecular flexibility index (Phi) is 5.46. The van der Waals surface area contributed by atoms with E-state index in [0.29, 0.717) is 11.3 Å². The lowest BCUT2D eigenvalue weighted by molar-refractivity contribution is 0.0469. The SMILES string of the molecule is O=C(OCc1c(F)cccc1Cl)c1ccc([C@H]2Nc3ccccc3S(=O)(=O)N2)cc1. The van der Waals surface area contributed by atoms with Crippen molar-refractivity contribution in [3.63, 3.8) is 0 Å². The van der Waals surface area contributed by atoms with Crippen molar-refractivity contribution in [2.45, 2.75) is 17.7 Å². The van der Waals surface area contributed by atoms with Crippen molar-refractivity contribution < 1.29 is 22.3 Å². The average molecular weight is 447 g/mol. The van der Waals surface area contributed by atoms with E-state index in [0.717, 1.165) is 0 Å². The highest BCUT2D eigenvalue weighted by Crippen LogP contribution is 2.30. The van der Waals surface area contributed by atoms with Gasteiger partial charge in [0.25, 0.3) is 0 Å². The molecule has 0 aromatic heterocycles. The fraction of sp³-hybridized carbons (Fsp3) is 0.0952. The number of esters is 1. The molecular formula is C21H16ClFN2O4S. The Bertz CT molecular complexity index is 1200.